The van der Waals surface area contributed by atoms with E-state index in [1.54, 1.807) is 19.1 Å². The van der Waals surface area contributed by atoms with Gasteiger partial charge in [0.25, 0.3) is 5.91 Å². The predicted octanol–water partition coefficient (Wildman–Crippen LogP) is 4.97. The van der Waals surface area contributed by atoms with Crippen LogP contribution in [0.1, 0.15) is 34.0 Å². The van der Waals surface area contributed by atoms with E-state index in [1.807, 2.05) is 57.2 Å². The van der Waals surface area contributed by atoms with Crippen LogP contribution in [-0.4, -0.2) is 54.2 Å². The number of urea groups is 1. The number of likely N-dealkylation sites (N-methyl/N-ethyl adjacent to an activating group) is 1. The molecule has 0 spiro atoms. The molecule has 3 aromatic carbocycles. The number of anilines is 2. The van der Waals surface area contributed by atoms with Gasteiger partial charge in [-0.3, -0.25) is 4.79 Å². The number of hydrogen-bond acceptors (Lipinski definition) is 4. The fourth-order valence-corrected chi connectivity index (χ4v) is 4.07. The van der Waals surface area contributed by atoms with Crippen LogP contribution < -0.4 is 10.6 Å². The van der Waals surface area contributed by atoms with Gasteiger partial charge in [-0.1, -0.05) is 42.0 Å². The van der Waals surface area contributed by atoms with Gasteiger partial charge in [0, 0.05) is 19.3 Å². The van der Waals surface area contributed by atoms with E-state index in [-0.39, 0.29) is 17.9 Å². The topological polar surface area (TPSA) is 108 Å². The minimum atomic E-state index is -1.17. The third-order valence-corrected chi connectivity index (χ3v) is 5.83. The fraction of sp³-hybridized carbons (Fsp3) is 0.296. The van der Waals surface area contributed by atoms with Crippen molar-refractivity contribution >= 4 is 40.1 Å². The summed E-state index contributed by atoms with van der Waals surface area (Å²) >= 11 is 0. The number of benzene rings is 3. The summed E-state index contributed by atoms with van der Waals surface area (Å²) in [5, 5.41) is 16.9. The molecule has 8 nitrogen and oxygen atoms in total. The Bertz CT molecular complexity index is 1250. The highest BCUT2D eigenvalue weighted by Gasteiger charge is 2.29. The van der Waals surface area contributed by atoms with Gasteiger partial charge in [-0.2, -0.15) is 0 Å². The van der Waals surface area contributed by atoms with Crippen LogP contribution in [0.15, 0.2) is 48.5 Å². The number of fused-ring (bicyclic) bond motifs is 1. The van der Waals surface area contributed by atoms with Gasteiger partial charge in [0.15, 0.2) is 6.04 Å². The van der Waals surface area contributed by atoms with Crippen LogP contribution in [0, 0.1) is 20.8 Å². The summed E-state index contributed by atoms with van der Waals surface area (Å²) in [7, 11) is 1.41. The molecule has 184 valence electrons. The van der Waals surface area contributed by atoms with Crippen molar-refractivity contribution in [3.8, 4) is 0 Å². The second-order valence-electron chi connectivity index (χ2n) is 8.53. The molecule has 3 aromatic rings. The number of nitrogens with one attached hydrogen (secondary N) is 2. The van der Waals surface area contributed by atoms with Crippen LogP contribution in [0.5, 0.6) is 0 Å². The van der Waals surface area contributed by atoms with Gasteiger partial charge in [0.1, 0.15) is 0 Å². The van der Waals surface area contributed by atoms with Crippen LogP contribution in [0.25, 0.3) is 10.8 Å². The van der Waals surface area contributed by atoms with E-state index < -0.39 is 23.9 Å². The van der Waals surface area contributed by atoms with Crippen molar-refractivity contribution in [3.05, 3.63) is 70.8 Å². The van der Waals surface area contributed by atoms with Crippen molar-refractivity contribution in [3.63, 3.8) is 0 Å². The average Bonchev–Trinajstić information content (AvgIpc) is 2.80. The zero-order chi connectivity index (χ0) is 25.7. The molecule has 1 atom stereocenters. The Kier molecular flexibility index (Phi) is 8.09. The number of rotatable bonds is 8. The molecule has 0 saturated carbocycles. The Morgan fingerprint density at radius 2 is 1.57 bits per heavy atom. The largest absolute Gasteiger partial charge is 0.480 e. The lowest BCUT2D eigenvalue weighted by Crippen LogP contribution is -2.45. The number of hydrogen-bond donors (Lipinski definition) is 3. The summed E-state index contributed by atoms with van der Waals surface area (Å²) in [6.45, 7) is 7.76. The Balaban J connectivity index is 1.97. The lowest BCUT2D eigenvalue weighted by Gasteiger charge is -2.26. The highest BCUT2D eigenvalue weighted by atomic mass is 16.5. The third kappa shape index (κ3) is 5.96. The molecule has 0 heterocycles. The van der Waals surface area contributed by atoms with E-state index in [9.17, 15) is 19.5 Å². The number of amides is 3. The van der Waals surface area contributed by atoms with Gasteiger partial charge in [0.05, 0.1) is 17.9 Å². The summed E-state index contributed by atoms with van der Waals surface area (Å²) in [5.74, 6) is -1.71. The van der Waals surface area contributed by atoms with E-state index in [0.29, 0.717) is 12.3 Å². The molecule has 3 amide bonds. The molecular formula is C27H31N3O5. The first-order valence-corrected chi connectivity index (χ1v) is 11.4. The molecule has 35 heavy (non-hydrogen) atoms. The smallest absolute Gasteiger partial charge is 0.328 e. The molecule has 0 aliphatic rings. The number of aryl methyl sites for hydroxylation is 3. The third-order valence-electron chi connectivity index (χ3n) is 5.83. The van der Waals surface area contributed by atoms with Gasteiger partial charge < -0.3 is 25.4 Å². The van der Waals surface area contributed by atoms with Crippen LogP contribution in [0.3, 0.4) is 0 Å². The number of carboxylic acids is 1. The van der Waals surface area contributed by atoms with Gasteiger partial charge in [-0.05, 0) is 61.7 Å². The molecule has 0 saturated heterocycles. The minimum Gasteiger partial charge on any atom is -0.480 e. The highest BCUT2D eigenvalue weighted by molar-refractivity contribution is 6.10. The van der Waals surface area contributed by atoms with Crippen LogP contribution in [0.4, 0.5) is 16.2 Å². The number of aliphatic carboxylic acids is 1. The summed E-state index contributed by atoms with van der Waals surface area (Å²) in [6, 6.07) is 13.1. The first kappa shape index (κ1) is 25.7. The van der Waals surface area contributed by atoms with Crippen molar-refractivity contribution in [1.29, 1.82) is 0 Å². The molecule has 8 heteroatoms. The lowest BCUT2D eigenvalue weighted by molar-refractivity contribution is -0.144. The first-order valence-electron chi connectivity index (χ1n) is 11.4. The number of carboxylic acid groups (broad SMARTS) is 1. The number of carbonyl (C=O) groups excluding carboxylic acids is 2. The molecule has 0 aromatic heterocycles. The van der Waals surface area contributed by atoms with Gasteiger partial charge in [-0.15, -0.1) is 0 Å². The number of carbonyl (C=O) groups is 3. The van der Waals surface area contributed by atoms with Crippen molar-refractivity contribution in [2.45, 2.75) is 33.7 Å². The zero-order valence-electron chi connectivity index (χ0n) is 20.6. The predicted molar refractivity (Wildman–Crippen MR) is 137 cm³/mol. The maximum atomic E-state index is 13.4. The van der Waals surface area contributed by atoms with Crippen molar-refractivity contribution in [2.24, 2.45) is 0 Å². The summed E-state index contributed by atoms with van der Waals surface area (Å²) in [4.78, 5) is 39.3. The maximum absolute atomic E-state index is 13.4. The first-order chi connectivity index (χ1) is 16.6. The van der Waals surface area contributed by atoms with Crippen LogP contribution in [-0.2, 0) is 9.53 Å². The molecule has 3 rings (SSSR count). The molecule has 0 aliphatic heterocycles. The molecular weight excluding hydrogens is 446 g/mol. The van der Waals surface area contributed by atoms with Gasteiger partial charge in [-0.25, -0.2) is 9.59 Å². The Hall–Kier alpha value is -3.91. The molecule has 0 bridgehead atoms. The highest BCUT2D eigenvalue weighted by Crippen LogP contribution is 2.27. The number of ether oxygens (including phenoxy) is 1. The maximum Gasteiger partial charge on any atom is 0.328 e. The quantitative estimate of drug-likeness (QED) is 0.425. The summed E-state index contributed by atoms with van der Waals surface area (Å²) in [6.07, 6.45) is 0. The molecule has 0 fully saturated rings. The second kappa shape index (κ2) is 11.0. The molecule has 1 unspecified atom stereocenters. The van der Waals surface area contributed by atoms with E-state index in [2.05, 4.69) is 10.6 Å². The summed E-state index contributed by atoms with van der Waals surface area (Å²) in [5.41, 5.74) is 4.10. The van der Waals surface area contributed by atoms with Crippen molar-refractivity contribution < 1.29 is 24.2 Å². The van der Waals surface area contributed by atoms with Crippen LogP contribution >= 0.6 is 0 Å². The second-order valence-corrected chi connectivity index (χ2v) is 8.53. The number of nitrogens with zero attached hydrogens (tertiary/aromatic N) is 1. The van der Waals surface area contributed by atoms with Crippen LogP contribution in [0.2, 0.25) is 0 Å². The van der Waals surface area contributed by atoms with E-state index in [0.717, 1.165) is 32.4 Å². The van der Waals surface area contributed by atoms with Crippen molar-refractivity contribution in [1.82, 2.24) is 4.90 Å². The SMILES string of the molecule is CCOCC(C(=O)O)N(C)C(=O)c1cc2ccccc2cc1NC(=O)Nc1c(C)cc(C)cc1C. The minimum absolute atomic E-state index is 0.142. The normalized spacial score (nSPS) is 11.7. The van der Waals surface area contributed by atoms with Crippen molar-refractivity contribution in [2.75, 3.05) is 30.9 Å². The van der Waals surface area contributed by atoms with E-state index >= 15 is 0 Å². The molecule has 0 aliphatic carbocycles. The summed E-state index contributed by atoms with van der Waals surface area (Å²) < 4.78 is 5.27. The average molecular weight is 478 g/mol. The Morgan fingerprint density at radius 3 is 2.14 bits per heavy atom. The molecule has 0 radical (unpaired) electrons. The fourth-order valence-electron chi connectivity index (χ4n) is 4.07. The van der Waals surface area contributed by atoms with E-state index in [1.165, 1.54) is 7.05 Å². The van der Waals surface area contributed by atoms with Gasteiger partial charge >= 0.3 is 12.0 Å². The van der Waals surface area contributed by atoms with E-state index in [4.69, 9.17) is 4.74 Å². The monoisotopic (exact) mass is 477 g/mol. The Morgan fingerprint density at radius 1 is 0.971 bits per heavy atom. The zero-order valence-corrected chi connectivity index (χ0v) is 20.6. The molecule has 3 N–H and O–H groups in total. The van der Waals surface area contributed by atoms with Gasteiger partial charge in [0.2, 0.25) is 0 Å². The lowest BCUT2D eigenvalue weighted by atomic mass is 10.0. The Labute approximate surface area is 204 Å². The standard InChI is InChI=1S/C27H31N3O5/c1-6-35-15-23(26(32)33)30(5)25(31)21-13-19-9-7-8-10-20(19)14-22(21)28-27(34)29-24-17(3)11-16(2)12-18(24)4/h7-14,23H,6,15H2,1-5H3,(H,32,33)(H2,28,29,34).